The second kappa shape index (κ2) is 9.40. The van der Waals surface area contributed by atoms with Gasteiger partial charge in [-0.25, -0.2) is 13.1 Å². The van der Waals surface area contributed by atoms with Gasteiger partial charge in [0.05, 0.1) is 31.4 Å². The Bertz CT molecular complexity index is 938. The Kier molecular flexibility index (Phi) is 7.45. The minimum atomic E-state index is -3.21. The van der Waals surface area contributed by atoms with Gasteiger partial charge in [-0.05, 0) is 55.7 Å². The van der Waals surface area contributed by atoms with Crippen LogP contribution in [0.3, 0.4) is 0 Å². The highest BCUT2D eigenvalue weighted by molar-refractivity contribution is 7.88. The monoisotopic (exact) mass is 426 g/mol. The number of methoxy groups -OCH3 is 2. The van der Waals surface area contributed by atoms with Gasteiger partial charge in [0, 0.05) is 11.4 Å². The molecule has 0 radical (unpaired) electrons. The molecule has 1 amide bonds. The first-order valence-corrected chi connectivity index (χ1v) is 11.4. The summed E-state index contributed by atoms with van der Waals surface area (Å²) in [6.45, 7) is 4.18. The molecule has 1 heterocycles. The molecule has 2 N–H and O–H groups in total. The van der Waals surface area contributed by atoms with Gasteiger partial charge in [-0.3, -0.25) is 4.79 Å². The molecule has 0 bridgehead atoms. The molecule has 1 unspecified atom stereocenters. The van der Waals surface area contributed by atoms with Crippen molar-refractivity contribution in [1.29, 1.82) is 0 Å². The lowest BCUT2D eigenvalue weighted by molar-refractivity contribution is 0.0944. The Labute approximate surface area is 170 Å². The molecule has 2 rings (SSSR count). The second-order valence-electron chi connectivity index (χ2n) is 6.44. The second-order valence-corrected chi connectivity index (χ2v) is 9.44. The van der Waals surface area contributed by atoms with Gasteiger partial charge < -0.3 is 14.8 Å². The summed E-state index contributed by atoms with van der Waals surface area (Å²) >= 11 is 1.36. The third-order valence-corrected chi connectivity index (χ3v) is 6.08. The number of hydrogen-bond acceptors (Lipinski definition) is 6. The van der Waals surface area contributed by atoms with Gasteiger partial charge in [-0.2, -0.15) is 0 Å². The zero-order valence-electron chi connectivity index (χ0n) is 16.7. The number of thiophene rings is 1. The van der Waals surface area contributed by atoms with Gasteiger partial charge in [0.2, 0.25) is 10.0 Å². The summed E-state index contributed by atoms with van der Waals surface area (Å²) in [6.07, 6.45) is 1.66. The zero-order valence-corrected chi connectivity index (χ0v) is 18.3. The van der Waals surface area contributed by atoms with Gasteiger partial charge in [-0.15, -0.1) is 11.3 Å². The van der Waals surface area contributed by atoms with Gasteiger partial charge in [0.25, 0.3) is 5.91 Å². The van der Waals surface area contributed by atoms with E-state index in [1.807, 2.05) is 32.0 Å². The largest absolute Gasteiger partial charge is 0.493 e. The fourth-order valence-corrected chi connectivity index (χ4v) is 4.19. The fraction of sp³-hybridized carbons (Fsp3) is 0.421. The molecule has 7 nitrogen and oxygen atoms in total. The lowest BCUT2D eigenvalue weighted by Gasteiger charge is -2.19. The van der Waals surface area contributed by atoms with Crippen LogP contribution < -0.4 is 19.5 Å². The van der Waals surface area contributed by atoms with E-state index in [9.17, 15) is 13.2 Å². The maximum Gasteiger partial charge on any atom is 0.261 e. The topological polar surface area (TPSA) is 93.7 Å². The Morgan fingerprint density at radius 3 is 2.43 bits per heavy atom. The molecule has 1 aromatic carbocycles. The number of aryl methyl sites for hydroxylation is 1. The summed E-state index contributed by atoms with van der Waals surface area (Å²) < 4.78 is 35.3. The molecular weight excluding hydrogens is 400 g/mol. The van der Waals surface area contributed by atoms with Crippen molar-refractivity contribution in [1.82, 2.24) is 10.0 Å². The molecule has 2 aromatic rings. The van der Waals surface area contributed by atoms with E-state index in [2.05, 4.69) is 10.0 Å². The number of amides is 1. The normalized spacial score (nSPS) is 12.5. The van der Waals surface area contributed by atoms with Crippen LogP contribution in [-0.4, -0.2) is 41.3 Å². The average molecular weight is 427 g/mol. The van der Waals surface area contributed by atoms with Gasteiger partial charge >= 0.3 is 0 Å². The highest BCUT2D eigenvalue weighted by Crippen LogP contribution is 2.33. The lowest BCUT2D eigenvalue weighted by atomic mass is 10.0. The summed E-state index contributed by atoms with van der Waals surface area (Å²) in [5.41, 5.74) is 1.93. The molecule has 1 aromatic heterocycles. The summed E-state index contributed by atoms with van der Waals surface area (Å²) in [5, 5.41) is 3.00. The smallest absolute Gasteiger partial charge is 0.261 e. The quantitative estimate of drug-likeness (QED) is 0.643. The number of sulfonamides is 1. The van der Waals surface area contributed by atoms with Crippen LogP contribution in [0.2, 0.25) is 0 Å². The minimum absolute atomic E-state index is 0.172. The van der Waals surface area contributed by atoms with Crippen molar-refractivity contribution in [2.24, 2.45) is 0 Å². The predicted octanol–water partition coefficient (Wildman–Crippen LogP) is 2.66. The van der Waals surface area contributed by atoms with E-state index in [1.165, 1.54) is 11.3 Å². The fourth-order valence-electron chi connectivity index (χ4n) is 2.80. The van der Waals surface area contributed by atoms with Crippen LogP contribution in [0, 0.1) is 6.92 Å². The van der Waals surface area contributed by atoms with Crippen molar-refractivity contribution < 1.29 is 22.7 Å². The maximum atomic E-state index is 12.6. The Balaban J connectivity index is 2.05. The summed E-state index contributed by atoms with van der Waals surface area (Å²) in [4.78, 5) is 14.1. The molecule has 154 valence electrons. The van der Waals surface area contributed by atoms with Crippen molar-refractivity contribution in [2.45, 2.75) is 26.3 Å². The van der Waals surface area contributed by atoms with E-state index in [1.54, 1.807) is 20.3 Å². The van der Waals surface area contributed by atoms with E-state index in [-0.39, 0.29) is 11.9 Å². The molecule has 0 aliphatic rings. The number of carbonyl (C=O) groups is 1. The lowest BCUT2D eigenvalue weighted by Crippen LogP contribution is -2.26. The highest BCUT2D eigenvalue weighted by Gasteiger charge is 2.17. The molecule has 0 aliphatic carbocycles. The van der Waals surface area contributed by atoms with Crippen molar-refractivity contribution >= 4 is 27.3 Å². The van der Waals surface area contributed by atoms with Crippen LogP contribution in [0.25, 0.3) is 0 Å². The number of carbonyl (C=O) groups excluding carboxylic acids is 1. The Morgan fingerprint density at radius 2 is 1.82 bits per heavy atom. The summed E-state index contributed by atoms with van der Waals surface area (Å²) in [5.74, 6) is 1.09. The van der Waals surface area contributed by atoms with Gasteiger partial charge in [-0.1, -0.05) is 0 Å². The SMILES string of the molecule is COc1cc(C)c(C(C)NC(=O)c2ccc(CCNS(C)(=O)=O)s2)cc1OC. The Hall–Kier alpha value is -2.10. The number of hydrogen-bond donors (Lipinski definition) is 2. The van der Waals surface area contributed by atoms with E-state index >= 15 is 0 Å². The molecule has 0 spiro atoms. The summed E-state index contributed by atoms with van der Waals surface area (Å²) in [7, 11) is -0.0484. The third kappa shape index (κ3) is 5.95. The molecular formula is C19H26N2O5S2. The highest BCUT2D eigenvalue weighted by atomic mass is 32.2. The standard InChI is InChI=1S/C19H26N2O5S2/c1-12-10-16(25-3)17(26-4)11-15(12)13(2)21-19(22)18-7-6-14(27-18)8-9-20-28(5,23)24/h6-7,10-11,13,20H,8-9H2,1-5H3,(H,21,22). The molecule has 0 saturated carbocycles. The van der Waals surface area contributed by atoms with Crippen LogP contribution in [0.5, 0.6) is 11.5 Å². The van der Waals surface area contributed by atoms with Crippen molar-refractivity contribution in [2.75, 3.05) is 27.0 Å². The van der Waals surface area contributed by atoms with E-state index in [0.717, 1.165) is 22.3 Å². The third-order valence-electron chi connectivity index (χ3n) is 4.21. The van der Waals surface area contributed by atoms with Crippen LogP contribution in [0.4, 0.5) is 0 Å². The van der Waals surface area contributed by atoms with E-state index in [0.29, 0.717) is 29.3 Å². The average Bonchev–Trinajstić information content (AvgIpc) is 3.09. The van der Waals surface area contributed by atoms with Gasteiger partial charge in [0.1, 0.15) is 0 Å². The molecule has 0 saturated heterocycles. The molecule has 0 aliphatic heterocycles. The number of nitrogens with one attached hydrogen (secondary N) is 2. The zero-order chi connectivity index (χ0) is 20.9. The number of benzene rings is 1. The first-order valence-electron chi connectivity index (χ1n) is 8.71. The van der Waals surface area contributed by atoms with Crippen LogP contribution in [0.15, 0.2) is 24.3 Å². The van der Waals surface area contributed by atoms with Crippen molar-refractivity contribution in [3.8, 4) is 11.5 Å². The Morgan fingerprint density at radius 1 is 1.18 bits per heavy atom. The number of rotatable bonds is 9. The molecule has 9 heteroatoms. The van der Waals surface area contributed by atoms with E-state index in [4.69, 9.17) is 9.47 Å². The molecule has 1 atom stereocenters. The van der Waals surface area contributed by atoms with Crippen LogP contribution in [-0.2, 0) is 16.4 Å². The molecule has 0 fully saturated rings. The van der Waals surface area contributed by atoms with Crippen LogP contribution >= 0.6 is 11.3 Å². The predicted molar refractivity (Wildman–Crippen MR) is 111 cm³/mol. The van der Waals surface area contributed by atoms with Gasteiger partial charge in [0.15, 0.2) is 11.5 Å². The minimum Gasteiger partial charge on any atom is -0.493 e. The van der Waals surface area contributed by atoms with Crippen molar-refractivity contribution in [3.63, 3.8) is 0 Å². The van der Waals surface area contributed by atoms with E-state index < -0.39 is 10.0 Å². The van der Waals surface area contributed by atoms with Crippen molar-refractivity contribution in [3.05, 3.63) is 45.1 Å². The molecule has 28 heavy (non-hydrogen) atoms. The maximum absolute atomic E-state index is 12.6. The first-order chi connectivity index (χ1) is 13.1. The first kappa shape index (κ1) is 22.2. The number of ether oxygens (including phenoxy) is 2. The summed E-state index contributed by atoms with van der Waals surface area (Å²) in [6, 6.07) is 7.13. The van der Waals surface area contributed by atoms with Crippen LogP contribution in [0.1, 0.15) is 38.6 Å².